The molecule has 2 fully saturated rings. The number of aromatic nitrogens is 2. The van der Waals surface area contributed by atoms with Gasteiger partial charge in [-0.2, -0.15) is 0 Å². The maximum absolute atomic E-state index is 11.4. The van der Waals surface area contributed by atoms with E-state index in [0.29, 0.717) is 36.6 Å². The molecule has 6 nitrogen and oxygen atoms in total. The van der Waals surface area contributed by atoms with Crippen LogP contribution in [0, 0.1) is 17.8 Å². The molecule has 6 heteroatoms. The van der Waals surface area contributed by atoms with Gasteiger partial charge >= 0.3 is 0 Å². The van der Waals surface area contributed by atoms with Gasteiger partial charge in [0.2, 0.25) is 11.8 Å². The first-order valence-corrected chi connectivity index (χ1v) is 8.63. The van der Waals surface area contributed by atoms with Gasteiger partial charge in [0.05, 0.1) is 6.33 Å². The summed E-state index contributed by atoms with van der Waals surface area (Å²) in [7, 11) is 0. The highest BCUT2D eigenvalue weighted by molar-refractivity contribution is 5.78. The van der Waals surface area contributed by atoms with Crippen LogP contribution < -0.4 is 11.1 Å². The predicted octanol–water partition coefficient (Wildman–Crippen LogP) is 1.53. The van der Waals surface area contributed by atoms with Crippen molar-refractivity contribution in [1.82, 2.24) is 15.3 Å². The Bertz CT molecular complexity index is 543. The van der Waals surface area contributed by atoms with E-state index in [-0.39, 0.29) is 11.8 Å². The molecule has 0 aromatic carbocycles. The molecule has 3 rings (SSSR count). The van der Waals surface area contributed by atoms with Crippen LogP contribution in [0.5, 0.6) is 0 Å². The summed E-state index contributed by atoms with van der Waals surface area (Å²) < 4.78 is 0. The summed E-state index contributed by atoms with van der Waals surface area (Å²) in [5, 5.41) is 3.07. The van der Waals surface area contributed by atoms with Crippen molar-refractivity contribution in [2.45, 2.75) is 57.4 Å². The molecule has 1 saturated carbocycles. The Hall–Kier alpha value is -1.85. The van der Waals surface area contributed by atoms with E-state index in [1.165, 1.54) is 0 Å². The van der Waals surface area contributed by atoms with Crippen LogP contribution in [0.15, 0.2) is 12.5 Å². The molecule has 126 valence electrons. The van der Waals surface area contributed by atoms with Crippen molar-refractivity contribution >= 4 is 11.8 Å². The lowest BCUT2D eigenvalue weighted by molar-refractivity contribution is -0.120. The number of primary amides is 1. The molecule has 23 heavy (non-hydrogen) atoms. The molecule has 1 aromatic heterocycles. The summed E-state index contributed by atoms with van der Waals surface area (Å²) in [5.74, 6) is 1.45. The highest BCUT2D eigenvalue weighted by atomic mass is 16.2. The van der Waals surface area contributed by atoms with Gasteiger partial charge in [-0.3, -0.25) is 9.59 Å². The minimum atomic E-state index is -0.204. The van der Waals surface area contributed by atoms with E-state index in [0.717, 1.165) is 44.2 Å². The fourth-order valence-corrected chi connectivity index (χ4v) is 4.48. The van der Waals surface area contributed by atoms with E-state index in [1.807, 2.05) is 6.20 Å². The Morgan fingerprint density at radius 1 is 1.26 bits per heavy atom. The smallest absolute Gasteiger partial charge is 0.220 e. The molecule has 1 aliphatic carbocycles. The molecule has 2 aliphatic rings. The zero-order valence-corrected chi connectivity index (χ0v) is 13.5. The summed E-state index contributed by atoms with van der Waals surface area (Å²) in [6, 6.07) is 0.313. The number of rotatable bonds is 6. The highest BCUT2D eigenvalue weighted by Crippen LogP contribution is 2.39. The molecule has 4 N–H and O–H groups in total. The summed E-state index contributed by atoms with van der Waals surface area (Å²) >= 11 is 0. The summed E-state index contributed by atoms with van der Waals surface area (Å²) in [5.41, 5.74) is 6.58. The van der Waals surface area contributed by atoms with E-state index in [1.54, 1.807) is 6.33 Å². The van der Waals surface area contributed by atoms with E-state index in [9.17, 15) is 9.59 Å². The normalized spacial score (nSPS) is 31.0. The molecule has 0 spiro atoms. The van der Waals surface area contributed by atoms with Crippen molar-refractivity contribution < 1.29 is 9.59 Å². The average Bonchev–Trinajstić information content (AvgIpc) is 3.10. The maximum Gasteiger partial charge on any atom is 0.220 e. The van der Waals surface area contributed by atoms with Crippen LogP contribution in [-0.4, -0.2) is 27.8 Å². The SMILES string of the molecule is NC(=O)C[C@@H]1CC(Cc2cnc[nH]2)C[C@H](C[C@@H]2CCC(=O)N2)C1. The number of amides is 2. The fourth-order valence-electron chi connectivity index (χ4n) is 4.48. The second kappa shape index (κ2) is 7.15. The van der Waals surface area contributed by atoms with Crippen molar-refractivity contribution in [3.63, 3.8) is 0 Å². The fraction of sp³-hybridized carbons (Fsp3) is 0.706. The van der Waals surface area contributed by atoms with Crippen LogP contribution in [0.3, 0.4) is 0 Å². The lowest BCUT2D eigenvalue weighted by Gasteiger charge is -2.35. The minimum Gasteiger partial charge on any atom is -0.370 e. The van der Waals surface area contributed by atoms with Crippen LogP contribution >= 0.6 is 0 Å². The zero-order chi connectivity index (χ0) is 16.2. The first-order valence-electron chi connectivity index (χ1n) is 8.63. The predicted molar refractivity (Wildman–Crippen MR) is 86.2 cm³/mol. The van der Waals surface area contributed by atoms with Crippen molar-refractivity contribution in [3.8, 4) is 0 Å². The number of imidazole rings is 1. The molecule has 1 aliphatic heterocycles. The number of hydrogen-bond donors (Lipinski definition) is 3. The standard InChI is InChI=1S/C17H26N4O2/c18-16(22)8-13-4-11(6-14-1-2-17(23)21-14)3-12(5-13)7-15-9-19-10-20-15/h9-14H,1-8H2,(H2,18,22)(H,19,20)(H,21,23)/t11-,12?,13-,14-/m0/s1. The van der Waals surface area contributed by atoms with Crippen LogP contribution in [0.25, 0.3) is 0 Å². The largest absolute Gasteiger partial charge is 0.370 e. The van der Waals surface area contributed by atoms with E-state index in [2.05, 4.69) is 15.3 Å². The number of nitrogens with two attached hydrogens (primary N) is 1. The molecular weight excluding hydrogens is 292 g/mol. The minimum absolute atomic E-state index is 0.175. The van der Waals surface area contributed by atoms with Crippen LogP contribution in [0.4, 0.5) is 0 Å². The number of aromatic amines is 1. The monoisotopic (exact) mass is 318 g/mol. The Morgan fingerprint density at radius 2 is 2.04 bits per heavy atom. The van der Waals surface area contributed by atoms with Gasteiger partial charge in [-0.25, -0.2) is 4.98 Å². The van der Waals surface area contributed by atoms with Crippen molar-refractivity contribution in [2.75, 3.05) is 0 Å². The third-order valence-corrected chi connectivity index (χ3v) is 5.26. The molecule has 2 heterocycles. The van der Waals surface area contributed by atoms with E-state index in [4.69, 9.17) is 5.73 Å². The van der Waals surface area contributed by atoms with Crippen molar-refractivity contribution in [3.05, 3.63) is 18.2 Å². The van der Waals surface area contributed by atoms with Crippen LogP contribution in [0.1, 0.15) is 50.6 Å². The Balaban J connectivity index is 1.60. The third kappa shape index (κ3) is 4.56. The lowest BCUT2D eigenvalue weighted by atomic mass is 9.70. The number of nitrogens with zero attached hydrogens (tertiary/aromatic N) is 1. The van der Waals surface area contributed by atoms with Gasteiger partial charge in [0.15, 0.2) is 0 Å². The second-order valence-corrected chi connectivity index (χ2v) is 7.30. The molecule has 2 amide bonds. The summed E-state index contributed by atoms with van der Waals surface area (Å²) in [6.45, 7) is 0. The topological polar surface area (TPSA) is 101 Å². The molecule has 1 unspecified atom stereocenters. The third-order valence-electron chi connectivity index (χ3n) is 5.26. The quantitative estimate of drug-likeness (QED) is 0.741. The van der Waals surface area contributed by atoms with Gasteiger partial charge in [-0.15, -0.1) is 0 Å². The molecule has 1 aromatic rings. The van der Waals surface area contributed by atoms with Gasteiger partial charge in [0.1, 0.15) is 0 Å². The van der Waals surface area contributed by atoms with Crippen LogP contribution in [-0.2, 0) is 16.0 Å². The summed E-state index contributed by atoms with van der Waals surface area (Å²) in [6.07, 6.45) is 10.9. The highest BCUT2D eigenvalue weighted by Gasteiger charge is 2.32. The van der Waals surface area contributed by atoms with Gasteiger partial charge in [-0.05, 0) is 56.3 Å². The molecule has 0 bridgehead atoms. The molecule has 4 atom stereocenters. The van der Waals surface area contributed by atoms with Gasteiger partial charge in [-0.1, -0.05) is 0 Å². The average molecular weight is 318 g/mol. The number of nitrogens with one attached hydrogen (secondary N) is 2. The number of carbonyl (C=O) groups excluding carboxylic acids is 2. The van der Waals surface area contributed by atoms with Crippen molar-refractivity contribution in [1.29, 1.82) is 0 Å². The Kier molecular flexibility index (Phi) is 4.98. The maximum atomic E-state index is 11.4. The number of carbonyl (C=O) groups is 2. The molecule has 0 radical (unpaired) electrons. The zero-order valence-electron chi connectivity index (χ0n) is 13.5. The van der Waals surface area contributed by atoms with Gasteiger partial charge < -0.3 is 16.0 Å². The first kappa shape index (κ1) is 16.0. The summed E-state index contributed by atoms with van der Waals surface area (Å²) in [4.78, 5) is 30.0. The van der Waals surface area contributed by atoms with Crippen molar-refractivity contribution in [2.24, 2.45) is 23.5 Å². The number of hydrogen-bond acceptors (Lipinski definition) is 3. The van der Waals surface area contributed by atoms with E-state index < -0.39 is 0 Å². The van der Waals surface area contributed by atoms with E-state index >= 15 is 0 Å². The lowest BCUT2D eigenvalue weighted by Crippen LogP contribution is -2.33. The Labute approximate surface area is 136 Å². The van der Waals surface area contributed by atoms with Gasteiger partial charge in [0.25, 0.3) is 0 Å². The molecule has 1 saturated heterocycles. The number of H-pyrrole nitrogens is 1. The van der Waals surface area contributed by atoms with Gasteiger partial charge in [0, 0.05) is 30.8 Å². The second-order valence-electron chi connectivity index (χ2n) is 7.30. The molecular formula is C17H26N4O2. The van der Waals surface area contributed by atoms with Crippen LogP contribution in [0.2, 0.25) is 0 Å². The first-order chi connectivity index (χ1) is 11.1. The Morgan fingerprint density at radius 3 is 2.70 bits per heavy atom.